The maximum absolute atomic E-state index is 10.2. The van der Waals surface area contributed by atoms with E-state index < -0.39 is 17.7 Å². The van der Waals surface area contributed by atoms with Crippen molar-refractivity contribution in [1.29, 1.82) is 0 Å². The molecule has 0 fully saturated rings. The van der Waals surface area contributed by atoms with Crippen molar-refractivity contribution in [3.63, 3.8) is 0 Å². The van der Waals surface area contributed by atoms with Gasteiger partial charge in [0.05, 0.1) is 0 Å². The molecule has 0 aliphatic rings. The van der Waals surface area contributed by atoms with E-state index in [4.69, 9.17) is 0 Å². The van der Waals surface area contributed by atoms with Crippen LogP contribution >= 0.6 is 0 Å². The van der Waals surface area contributed by atoms with E-state index in [0.29, 0.717) is 0 Å². The van der Waals surface area contributed by atoms with E-state index in [0.717, 1.165) is 13.8 Å². The summed E-state index contributed by atoms with van der Waals surface area (Å²) in [4.78, 5) is 30.2. The van der Waals surface area contributed by atoms with Gasteiger partial charge < -0.3 is 4.74 Å². The van der Waals surface area contributed by atoms with Crippen LogP contribution in [0.3, 0.4) is 0 Å². The number of hydrogen-bond acceptors (Lipinski definition) is 4. The van der Waals surface area contributed by atoms with Crippen LogP contribution in [0.5, 0.6) is 0 Å². The number of carbonyl (C=O) groups excluding carboxylic acids is 3. The molecule has 0 rings (SSSR count). The normalized spacial score (nSPS) is 7.40. The van der Waals surface area contributed by atoms with Crippen LogP contribution in [0, 0.1) is 0 Å². The zero-order chi connectivity index (χ0) is 7.44. The number of carbonyl (C=O) groups is 3. The van der Waals surface area contributed by atoms with Crippen LogP contribution in [0.1, 0.15) is 13.8 Å². The smallest absolute Gasteiger partial charge is 0.381 e. The van der Waals surface area contributed by atoms with Gasteiger partial charge in [-0.05, 0) is 0 Å². The molecular weight excluding hydrogens is 230 g/mol. The van der Waals surface area contributed by atoms with Gasteiger partial charge in [-0.15, -0.1) is 0 Å². The van der Waals surface area contributed by atoms with E-state index in [1.165, 1.54) is 0 Å². The molecule has 0 bridgehead atoms. The largest absolute Gasteiger partial charge is 0.387 e. The third-order valence-corrected chi connectivity index (χ3v) is 0.524. The van der Waals surface area contributed by atoms with Crippen molar-refractivity contribution in [2.45, 2.75) is 13.8 Å². The molecule has 0 amide bonds. The molecule has 0 aliphatic carbocycles. The third-order valence-electron chi connectivity index (χ3n) is 0.524. The number of esters is 2. The van der Waals surface area contributed by atoms with Crippen molar-refractivity contribution in [3.05, 3.63) is 0 Å². The molecule has 5 heteroatoms. The van der Waals surface area contributed by atoms with E-state index in [2.05, 4.69) is 4.74 Å². The molecule has 0 saturated heterocycles. The van der Waals surface area contributed by atoms with Crippen LogP contribution in [-0.2, 0) is 39.5 Å². The Morgan fingerprint density at radius 1 is 1.10 bits per heavy atom. The van der Waals surface area contributed by atoms with Crippen LogP contribution < -0.4 is 0 Å². The van der Waals surface area contributed by atoms with E-state index in [9.17, 15) is 14.4 Å². The predicted octanol–water partition coefficient (Wildman–Crippen LogP) is -0.337. The standard InChI is InChI=1S/C5H6O4.Pd/c1-3(6)5(8)9-4(2)7;/h1-2H3;. The molecule has 0 aromatic rings. The average Bonchev–Trinajstić information content (AvgIpc) is 1.63. The Bertz CT molecular complexity index is 163. The molecule has 0 unspecified atom stereocenters. The van der Waals surface area contributed by atoms with E-state index in [1.54, 1.807) is 0 Å². The van der Waals surface area contributed by atoms with Gasteiger partial charge in [-0.1, -0.05) is 0 Å². The predicted molar refractivity (Wildman–Crippen MR) is 27.5 cm³/mol. The average molecular weight is 237 g/mol. The number of Topliss-reactive ketones (excluding diaryl/α,β-unsaturated/α-hetero) is 1. The van der Waals surface area contributed by atoms with Crippen molar-refractivity contribution in [1.82, 2.24) is 0 Å². The monoisotopic (exact) mass is 236 g/mol. The van der Waals surface area contributed by atoms with Crippen molar-refractivity contribution < 1.29 is 39.5 Å². The van der Waals surface area contributed by atoms with Gasteiger partial charge in [-0.3, -0.25) is 9.59 Å². The summed E-state index contributed by atoms with van der Waals surface area (Å²) >= 11 is 0. The molecule has 0 atom stereocenters. The first kappa shape index (κ1) is 12.2. The van der Waals surface area contributed by atoms with Crippen LogP contribution in [0.15, 0.2) is 0 Å². The van der Waals surface area contributed by atoms with Crippen LogP contribution in [0.25, 0.3) is 0 Å². The topological polar surface area (TPSA) is 60.4 Å². The van der Waals surface area contributed by atoms with Gasteiger partial charge >= 0.3 is 11.9 Å². The molecule has 0 N–H and O–H groups in total. The molecule has 0 heterocycles. The number of ether oxygens (including phenoxy) is 1. The molecule has 0 saturated carbocycles. The van der Waals surface area contributed by atoms with E-state index >= 15 is 0 Å². The van der Waals surface area contributed by atoms with Crippen molar-refractivity contribution in [2.75, 3.05) is 0 Å². The fraction of sp³-hybridized carbons (Fsp3) is 0.400. The van der Waals surface area contributed by atoms with Crippen LogP contribution in [0.4, 0.5) is 0 Å². The van der Waals surface area contributed by atoms with Crippen molar-refractivity contribution >= 4 is 17.7 Å². The molecule has 0 radical (unpaired) electrons. The van der Waals surface area contributed by atoms with Gasteiger partial charge in [0.15, 0.2) is 0 Å². The summed E-state index contributed by atoms with van der Waals surface area (Å²) < 4.78 is 3.88. The van der Waals surface area contributed by atoms with Gasteiger partial charge in [0.1, 0.15) is 0 Å². The Balaban J connectivity index is 0. The Kier molecular flexibility index (Phi) is 6.42. The summed E-state index contributed by atoms with van der Waals surface area (Å²) in [5, 5.41) is 0. The summed E-state index contributed by atoms with van der Waals surface area (Å²) in [7, 11) is 0. The SMILES string of the molecule is CC(=O)OC(=O)C(C)=O.[Pd]. The summed E-state index contributed by atoms with van der Waals surface area (Å²) in [6, 6.07) is 0. The fourth-order valence-corrected chi connectivity index (χ4v) is 0.202. The third kappa shape index (κ3) is 5.61. The minimum atomic E-state index is -1.11. The second-order valence-corrected chi connectivity index (χ2v) is 1.44. The first-order chi connectivity index (χ1) is 4.04. The maximum atomic E-state index is 10.2. The van der Waals surface area contributed by atoms with Gasteiger partial charge in [-0.25, -0.2) is 4.79 Å². The second-order valence-electron chi connectivity index (χ2n) is 1.44. The quantitative estimate of drug-likeness (QED) is 0.271. The molecule has 0 spiro atoms. The zero-order valence-corrected chi connectivity index (χ0v) is 7.00. The van der Waals surface area contributed by atoms with Gasteiger partial charge in [-0.2, -0.15) is 0 Å². The molecule has 10 heavy (non-hydrogen) atoms. The van der Waals surface area contributed by atoms with E-state index in [-0.39, 0.29) is 20.4 Å². The number of hydrogen-bond donors (Lipinski definition) is 0. The fourth-order valence-electron chi connectivity index (χ4n) is 0.202. The first-order valence-corrected chi connectivity index (χ1v) is 2.27. The van der Waals surface area contributed by atoms with Crippen LogP contribution in [-0.4, -0.2) is 17.7 Å². The first-order valence-electron chi connectivity index (χ1n) is 2.27. The Labute approximate surface area is 71.6 Å². The summed E-state index contributed by atoms with van der Waals surface area (Å²) in [5.41, 5.74) is 0. The minimum absolute atomic E-state index is 0. The molecule has 0 aromatic carbocycles. The Morgan fingerprint density at radius 2 is 1.50 bits per heavy atom. The number of ketones is 1. The minimum Gasteiger partial charge on any atom is -0.387 e. The molecule has 0 aliphatic heterocycles. The molecule has 4 nitrogen and oxygen atoms in total. The summed E-state index contributed by atoms with van der Waals surface area (Å²) in [5.74, 6) is -2.65. The van der Waals surface area contributed by atoms with Gasteiger partial charge in [0, 0.05) is 34.3 Å². The van der Waals surface area contributed by atoms with Gasteiger partial charge in [0.25, 0.3) is 0 Å². The Hall–Kier alpha value is -0.528. The molecule has 0 aromatic heterocycles. The van der Waals surface area contributed by atoms with E-state index in [1.807, 2.05) is 0 Å². The maximum Gasteiger partial charge on any atom is 0.381 e. The summed E-state index contributed by atoms with van der Waals surface area (Å²) in [6.07, 6.45) is 0. The molecular formula is C5H6O4Pd. The summed E-state index contributed by atoms with van der Waals surface area (Å²) in [6.45, 7) is 2.09. The van der Waals surface area contributed by atoms with Gasteiger partial charge in [0.2, 0.25) is 5.78 Å². The van der Waals surface area contributed by atoms with Crippen molar-refractivity contribution in [2.24, 2.45) is 0 Å². The zero-order valence-electron chi connectivity index (χ0n) is 5.45. The number of rotatable bonds is 1. The second kappa shape index (κ2) is 5.27. The Morgan fingerprint density at radius 3 is 1.60 bits per heavy atom. The molecule has 60 valence electrons. The van der Waals surface area contributed by atoms with Crippen LogP contribution in [0.2, 0.25) is 0 Å². The van der Waals surface area contributed by atoms with Crippen molar-refractivity contribution in [3.8, 4) is 0 Å².